The minimum Gasteiger partial charge on any atom is -0.480 e. The van der Waals surface area contributed by atoms with Crippen LogP contribution in [0.3, 0.4) is 0 Å². The fourth-order valence-corrected chi connectivity index (χ4v) is 5.28. The van der Waals surface area contributed by atoms with Crippen LogP contribution in [0.5, 0.6) is 0 Å². The van der Waals surface area contributed by atoms with Gasteiger partial charge in [0.1, 0.15) is 23.7 Å². The zero-order valence-corrected chi connectivity index (χ0v) is 23.5. The first-order chi connectivity index (χ1) is 20.0. The Hall–Kier alpha value is -4.48. The number of carboxylic acid groups (broad SMARTS) is 1. The summed E-state index contributed by atoms with van der Waals surface area (Å²) in [5.74, 6) is -3.95. The topological polar surface area (TPSA) is 210 Å². The Morgan fingerprint density at radius 2 is 1.69 bits per heavy atom. The SMILES string of the molecule is N=C(N)c1ccc(CC(C(=O)N[C@H](C(=O)N[C@@H](CCCN=C(N)N)C(=O)O)C2CCCCC2)c2cccc(F)c2)cc1. The summed E-state index contributed by atoms with van der Waals surface area (Å²) >= 11 is 0. The van der Waals surface area contributed by atoms with Crippen molar-refractivity contribution in [2.75, 3.05) is 6.54 Å². The zero-order valence-electron chi connectivity index (χ0n) is 23.5. The maximum atomic E-state index is 14.2. The van der Waals surface area contributed by atoms with Gasteiger partial charge in [0.2, 0.25) is 11.8 Å². The van der Waals surface area contributed by atoms with Gasteiger partial charge in [0.15, 0.2) is 5.96 Å². The van der Waals surface area contributed by atoms with Gasteiger partial charge in [-0.15, -0.1) is 0 Å². The molecule has 1 fully saturated rings. The molecule has 1 aliphatic rings. The molecule has 0 spiro atoms. The van der Waals surface area contributed by atoms with Gasteiger partial charge in [0, 0.05) is 12.1 Å². The van der Waals surface area contributed by atoms with Crippen LogP contribution in [0.15, 0.2) is 53.5 Å². The molecule has 0 aliphatic heterocycles. The summed E-state index contributed by atoms with van der Waals surface area (Å²) in [5, 5.41) is 22.9. The van der Waals surface area contributed by atoms with Crippen molar-refractivity contribution in [1.82, 2.24) is 10.6 Å². The number of nitrogen functional groups attached to an aromatic ring is 1. The molecule has 0 aromatic heterocycles. The van der Waals surface area contributed by atoms with Crippen molar-refractivity contribution >= 4 is 29.6 Å². The van der Waals surface area contributed by atoms with Gasteiger partial charge in [-0.25, -0.2) is 9.18 Å². The number of aliphatic imine (C=N–C) groups is 1. The van der Waals surface area contributed by atoms with E-state index in [1.54, 1.807) is 30.3 Å². The van der Waals surface area contributed by atoms with Gasteiger partial charge in [-0.3, -0.25) is 20.0 Å². The van der Waals surface area contributed by atoms with E-state index in [0.717, 1.165) is 24.8 Å². The lowest BCUT2D eigenvalue weighted by atomic mass is 9.82. The molecule has 10 N–H and O–H groups in total. The summed E-state index contributed by atoms with van der Waals surface area (Å²) in [4.78, 5) is 43.2. The van der Waals surface area contributed by atoms with E-state index in [1.807, 2.05) is 0 Å². The van der Waals surface area contributed by atoms with Crippen LogP contribution in [0.4, 0.5) is 4.39 Å². The number of hydrogen-bond donors (Lipinski definition) is 7. The molecule has 0 bridgehead atoms. The monoisotopic (exact) mass is 581 g/mol. The Kier molecular flexibility index (Phi) is 11.8. The highest BCUT2D eigenvalue weighted by Gasteiger charge is 2.35. The number of amidine groups is 1. The average molecular weight is 582 g/mol. The van der Waals surface area contributed by atoms with Crippen LogP contribution in [0.1, 0.15) is 67.6 Å². The van der Waals surface area contributed by atoms with Crippen molar-refractivity contribution < 1.29 is 23.9 Å². The first kappa shape index (κ1) is 32.0. The standard InChI is InChI=1S/C30H40FN7O4/c31-22-9-4-8-21(17-22)23(16-18-11-13-20(14-12-18)26(32)33)27(39)38-25(19-6-2-1-3-7-19)28(40)37-24(29(41)42)10-5-15-36-30(34)35/h4,8-9,11-14,17,19,23-25H,1-3,5-7,10,15-16H2,(H3,32,33)(H,37,40)(H,38,39)(H,41,42)(H4,34,35,36)/t23?,24-,25-/m0/s1. The highest BCUT2D eigenvalue weighted by molar-refractivity contribution is 5.95. The molecule has 3 atom stereocenters. The fourth-order valence-electron chi connectivity index (χ4n) is 5.28. The van der Waals surface area contributed by atoms with E-state index in [-0.39, 0.29) is 37.1 Å². The first-order valence-corrected chi connectivity index (χ1v) is 14.1. The van der Waals surface area contributed by atoms with E-state index in [0.29, 0.717) is 30.4 Å². The van der Waals surface area contributed by atoms with Crippen molar-refractivity contribution in [3.05, 3.63) is 71.0 Å². The summed E-state index contributed by atoms with van der Waals surface area (Å²) < 4.78 is 14.2. The Balaban J connectivity index is 1.84. The number of rotatable bonds is 14. The van der Waals surface area contributed by atoms with Gasteiger partial charge >= 0.3 is 5.97 Å². The second-order valence-electron chi connectivity index (χ2n) is 10.7. The molecular formula is C30H40FN7O4. The number of benzene rings is 2. The van der Waals surface area contributed by atoms with Gasteiger partial charge in [-0.05, 0) is 61.3 Å². The number of halogens is 1. The van der Waals surface area contributed by atoms with Gasteiger partial charge in [-0.1, -0.05) is 55.7 Å². The van der Waals surface area contributed by atoms with E-state index in [2.05, 4.69) is 15.6 Å². The summed E-state index contributed by atoms with van der Waals surface area (Å²) in [6, 6.07) is 10.5. The number of guanidine groups is 1. The number of carbonyl (C=O) groups is 3. The van der Waals surface area contributed by atoms with Crippen molar-refractivity contribution in [3.63, 3.8) is 0 Å². The van der Waals surface area contributed by atoms with Crippen LogP contribution in [0.2, 0.25) is 0 Å². The molecule has 0 radical (unpaired) electrons. The molecule has 3 rings (SSSR count). The van der Waals surface area contributed by atoms with Crippen LogP contribution in [-0.4, -0.2) is 53.3 Å². The molecule has 2 amide bonds. The van der Waals surface area contributed by atoms with E-state index >= 15 is 0 Å². The smallest absolute Gasteiger partial charge is 0.326 e. The molecule has 1 unspecified atom stereocenters. The lowest BCUT2D eigenvalue weighted by Gasteiger charge is -2.32. The van der Waals surface area contributed by atoms with Crippen LogP contribution in [0, 0.1) is 17.1 Å². The molecule has 12 heteroatoms. The van der Waals surface area contributed by atoms with Crippen LogP contribution >= 0.6 is 0 Å². The quantitative estimate of drug-likeness (QED) is 0.100. The zero-order chi connectivity index (χ0) is 30.6. The molecule has 0 saturated heterocycles. The van der Waals surface area contributed by atoms with Crippen LogP contribution < -0.4 is 27.8 Å². The molecule has 226 valence electrons. The van der Waals surface area contributed by atoms with Gasteiger partial charge in [0.25, 0.3) is 0 Å². The second-order valence-corrected chi connectivity index (χ2v) is 10.7. The van der Waals surface area contributed by atoms with Crippen LogP contribution in [-0.2, 0) is 20.8 Å². The third-order valence-electron chi connectivity index (χ3n) is 7.53. The fraction of sp³-hybridized carbons (Fsp3) is 0.433. The van der Waals surface area contributed by atoms with Gasteiger partial charge in [-0.2, -0.15) is 0 Å². The molecule has 11 nitrogen and oxygen atoms in total. The van der Waals surface area contributed by atoms with Crippen molar-refractivity contribution in [3.8, 4) is 0 Å². The number of nitrogens with zero attached hydrogens (tertiary/aromatic N) is 1. The lowest BCUT2D eigenvalue weighted by molar-refractivity contribution is -0.142. The Morgan fingerprint density at radius 3 is 2.29 bits per heavy atom. The molecule has 0 heterocycles. The van der Waals surface area contributed by atoms with E-state index < -0.39 is 41.6 Å². The van der Waals surface area contributed by atoms with Crippen molar-refractivity contribution in [2.45, 2.75) is 69.4 Å². The highest BCUT2D eigenvalue weighted by atomic mass is 19.1. The number of amides is 2. The summed E-state index contributed by atoms with van der Waals surface area (Å²) in [6.45, 7) is 0.216. The normalized spacial score (nSPS) is 15.5. The third kappa shape index (κ3) is 9.57. The van der Waals surface area contributed by atoms with Gasteiger partial charge < -0.3 is 32.9 Å². The maximum Gasteiger partial charge on any atom is 0.326 e. The Labute approximate surface area is 244 Å². The average Bonchev–Trinajstić information content (AvgIpc) is 2.96. The number of nitrogens with one attached hydrogen (secondary N) is 3. The molecular weight excluding hydrogens is 541 g/mol. The van der Waals surface area contributed by atoms with Crippen LogP contribution in [0.25, 0.3) is 0 Å². The molecule has 1 saturated carbocycles. The summed E-state index contributed by atoms with van der Waals surface area (Å²) in [6.07, 6.45) is 4.85. The minimum absolute atomic E-state index is 0.0850. The number of hydrogen-bond acceptors (Lipinski definition) is 5. The highest BCUT2D eigenvalue weighted by Crippen LogP contribution is 2.29. The predicted molar refractivity (Wildman–Crippen MR) is 158 cm³/mol. The number of carboxylic acids is 1. The Morgan fingerprint density at radius 1 is 1.00 bits per heavy atom. The van der Waals surface area contributed by atoms with E-state index in [4.69, 9.17) is 22.6 Å². The third-order valence-corrected chi connectivity index (χ3v) is 7.53. The number of aliphatic carboxylic acids is 1. The van der Waals surface area contributed by atoms with E-state index in [1.165, 1.54) is 18.2 Å². The number of nitrogens with two attached hydrogens (primary N) is 3. The van der Waals surface area contributed by atoms with Crippen molar-refractivity contribution in [2.24, 2.45) is 28.1 Å². The molecule has 42 heavy (non-hydrogen) atoms. The second kappa shape index (κ2) is 15.5. The minimum atomic E-state index is -1.20. The van der Waals surface area contributed by atoms with Crippen molar-refractivity contribution in [1.29, 1.82) is 5.41 Å². The maximum absolute atomic E-state index is 14.2. The van der Waals surface area contributed by atoms with E-state index in [9.17, 15) is 23.9 Å². The summed E-state index contributed by atoms with van der Waals surface area (Å²) in [5.41, 5.74) is 17.9. The summed E-state index contributed by atoms with van der Waals surface area (Å²) in [7, 11) is 0. The molecule has 2 aromatic rings. The Bertz CT molecular complexity index is 1270. The van der Waals surface area contributed by atoms with Gasteiger partial charge in [0.05, 0.1) is 5.92 Å². The molecule has 2 aromatic carbocycles. The first-order valence-electron chi connectivity index (χ1n) is 14.1. The molecule has 1 aliphatic carbocycles. The predicted octanol–water partition coefficient (Wildman–Crippen LogP) is 2.12. The largest absolute Gasteiger partial charge is 0.480 e. The number of carbonyl (C=O) groups excluding carboxylic acids is 2. The lowest BCUT2D eigenvalue weighted by Crippen LogP contribution is -2.55.